The minimum Gasteiger partial charge on any atom is -0.426 e. The van der Waals surface area contributed by atoms with Crippen LogP contribution >= 0.6 is 0 Å². The maximum Gasteiger partial charge on any atom is 0.434 e. The van der Waals surface area contributed by atoms with Crippen molar-refractivity contribution in [3.63, 3.8) is 0 Å². The number of hydrogen-bond acceptors (Lipinski definition) is 5. The number of amides is 1. The van der Waals surface area contributed by atoms with Crippen LogP contribution in [0.2, 0.25) is 0 Å². The second kappa shape index (κ2) is 9.80. The van der Waals surface area contributed by atoms with Gasteiger partial charge in [-0.3, -0.25) is 4.90 Å². The van der Waals surface area contributed by atoms with Crippen LogP contribution in [-0.2, 0) is 40.6 Å². The number of piperazine rings is 1. The van der Waals surface area contributed by atoms with Crippen molar-refractivity contribution in [3.05, 3.63) is 69.8 Å². The van der Waals surface area contributed by atoms with Gasteiger partial charge in [-0.05, 0) is 33.4 Å². The van der Waals surface area contributed by atoms with Crippen LogP contribution in [0.25, 0.3) is 0 Å². The summed E-state index contributed by atoms with van der Waals surface area (Å²) in [6.07, 6.45) is -17.3. The van der Waals surface area contributed by atoms with Crippen molar-refractivity contribution >= 4 is 6.09 Å². The lowest BCUT2D eigenvalue weighted by Gasteiger charge is -2.40. The molecule has 1 fully saturated rings. The van der Waals surface area contributed by atoms with Crippen molar-refractivity contribution in [3.8, 4) is 0 Å². The van der Waals surface area contributed by atoms with Crippen LogP contribution in [0.3, 0.4) is 0 Å². The average Bonchev–Trinajstić information content (AvgIpc) is 3.50. The highest BCUT2D eigenvalue weighted by atomic mass is 19.4. The molecule has 2 aromatic rings. The van der Waals surface area contributed by atoms with Crippen molar-refractivity contribution in [2.45, 2.75) is 50.9 Å². The van der Waals surface area contributed by atoms with E-state index < -0.39 is 24.5 Å². The topological polar surface area (TPSA) is 51.2 Å². The highest BCUT2D eigenvalue weighted by Gasteiger charge is 2.60. The third-order valence-electron chi connectivity index (χ3n) is 6.87. The van der Waals surface area contributed by atoms with E-state index >= 15 is 0 Å². The van der Waals surface area contributed by atoms with Crippen LogP contribution in [0.4, 0.5) is 31.1 Å². The van der Waals surface area contributed by atoms with Crippen LogP contribution in [0.1, 0.15) is 39.4 Å². The van der Waals surface area contributed by atoms with Gasteiger partial charge in [-0.25, -0.2) is 4.79 Å². The third-order valence-corrected chi connectivity index (χ3v) is 6.87. The molecule has 0 unspecified atom stereocenters. The van der Waals surface area contributed by atoms with E-state index in [-0.39, 0.29) is 32.2 Å². The summed E-state index contributed by atoms with van der Waals surface area (Å²) in [7, 11) is 0. The molecule has 5 rings (SSSR count). The Labute approximate surface area is 208 Å². The van der Waals surface area contributed by atoms with E-state index in [9.17, 15) is 31.1 Å². The first-order chi connectivity index (χ1) is 17.5. The summed E-state index contributed by atoms with van der Waals surface area (Å²) in [6, 6.07) is 11.9. The monoisotopic (exact) mass is 530 g/mol. The molecule has 0 aliphatic carbocycles. The fraction of sp³-hybridized carbons (Fsp3) is 0.480. The predicted molar refractivity (Wildman–Crippen MR) is 117 cm³/mol. The van der Waals surface area contributed by atoms with E-state index in [2.05, 4.69) is 21.8 Å². The van der Waals surface area contributed by atoms with Crippen LogP contribution in [-0.4, -0.2) is 60.5 Å². The first-order valence-corrected chi connectivity index (χ1v) is 11.7. The Morgan fingerprint density at radius 2 is 1.19 bits per heavy atom. The highest BCUT2D eigenvalue weighted by molar-refractivity contribution is 5.68. The summed E-state index contributed by atoms with van der Waals surface area (Å²) in [5, 5.41) is 0. The van der Waals surface area contributed by atoms with Gasteiger partial charge in [-0.15, -0.1) is 0 Å². The molecule has 0 spiro atoms. The first-order valence-electron chi connectivity index (χ1n) is 11.7. The number of nitrogens with zero attached hydrogens (tertiary/aromatic N) is 2. The number of halogens is 6. The van der Waals surface area contributed by atoms with Crippen LogP contribution in [0.5, 0.6) is 0 Å². The first kappa shape index (κ1) is 25.8. The van der Waals surface area contributed by atoms with E-state index in [4.69, 9.17) is 9.47 Å². The maximum atomic E-state index is 12.8. The van der Waals surface area contributed by atoms with E-state index in [0.717, 1.165) is 38.3 Å². The van der Waals surface area contributed by atoms with Crippen LogP contribution < -0.4 is 0 Å². The molecular formula is C25H24F6N2O4. The molecule has 0 aromatic heterocycles. The largest absolute Gasteiger partial charge is 0.434 e. The fourth-order valence-corrected chi connectivity index (χ4v) is 5.00. The van der Waals surface area contributed by atoms with Gasteiger partial charge in [0.1, 0.15) is 0 Å². The van der Waals surface area contributed by atoms with E-state index in [1.165, 1.54) is 0 Å². The summed E-state index contributed by atoms with van der Waals surface area (Å²) >= 11 is 0. The Balaban J connectivity index is 1.35. The zero-order valence-electron chi connectivity index (χ0n) is 19.6. The Bertz CT molecular complexity index is 1090. The normalized spacial score (nSPS) is 18.4. The minimum absolute atomic E-state index is 0.0835. The van der Waals surface area contributed by atoms with Gasteiger partial charge in [0.2, 0.25) is 0 Å². The number of ether oxygens (including phenoxy) is 3. The second-order valence-electron chi connectivity index (χ2n) is 9.31. The van der Waals surface area contributed by atoms with Gasteiger partial charge in [-0.2, -0.15) is 26.3 Å². The van der Waals surface area contributed by atoms with Crippen LogP contribution in [0.15, 0.2) is 36.4 Å². The number of carbonyl (C=O) groups is 1. The molecule has 2 aromatic carbocycles. The van der Waals surface area contributed by atoms with Gasteiger partial charge < -0.3 is 19.1 Å². The van der Waals surface area contributed by atoms with Crippen molar-refractivity contribution < 1.29 is 45.3 Å². The molecule has 37 heavy (non-hydrogen) atoms. The zero-order valence-corrected chi connectivity index (χ0v) is 19.6. The Kier molecular flexibility index (Phi) is 6.84. The SMILES string of the molecule is O=C(OC(C(F)(F)F)C(F)(F)F)N1CCN(C(c2ccc3c(c2)COC3)c2ccc3c(c2)COC3)CC1. The molecule has 3 heterocycles. The molecule has 0 N–H and O–H groups in total. The molecule has 0 radical (unpaired) electrons. The van der Waals surface area contributed by atoms with Gasteiger partial charge in [0.05, 0.1) is 32.5 Å². The lowest BCUT2D eigenvalue weighted by molar-refractivity contribution is -0.308. The van der Waals surface area contributed by atoms with Gasteiger partial charge in [-0.1, -0.05) is 36.4 Å². The number of alkyl halides is 6. The minimum atomic E-state index is -5.75. The summed E-state index contributed by atoms with van der Waals surface area (Å²) in [5.74, 6) is 0. The van der Waals surface area contributed by atoms with Gasteiger partial charge in [0.25, 0.3) is 6.10 Å². The third kappa shape index (κ3) is 5.41. The smallest absolute Gasteiger partial charge is 0.426 e. The highest BCUT2D eigenvalue weighted by Crippen LogP contribution is 2.37. The van der Waals surface area contributed by atoms with Crippen molar-refractivity contribution in [2.75, 3.05) is 26.2 Å². The van der Waals surface area contributed by atoms with Crippen molar-refractivity contribution in [2.24, 2.45) is 0 Å². The Morgan fingerprint density at radius 1 is 0.730 bits per heavy atom. The Morgan fingerprint density at radius 3 is 1.65 bits per heavy atom. The summed E-state index contributed by atoms with van der Waals surface area (Å²) in [5.41, 5.74) is 6.29. The molecule has 3 aliphatic heterocycles. The zero-order chi connectivity index (χ0) is 26.4. The number of hydrogen-bond donors (Lipinski definition) is 0. The molecule has 12 heteroatoms. The van der Waals surface area contributed by atoms with Gasteiger partial charge >= 0.3 is 18.4 Å². The van der Waals surface area contributed by atoms with E-state index in [0.29, 0.717) is 26.4 Å². The number of carbonyl (C=O) groups excluding carboxylic acids is 1. The molecule has 6 nitrogen and oxygen atoms in total. The van der Waals surface area contributed by atoms with E-state index in [1.54, 1.807) is 0 Å². The maximum absolute atomic E-state index is 12.8. The standard InChI is InChI=1S/C25H24F6N2O4/c26-24(27,28)22(25(29,30)31)37-23(34)33-7-5-32(6-8-33)21(15-1-3-17-11-35-13-19(17)9-15)16-2-4-18-12-36-14-20(18)10-16/h1-4,9-10,21-22H,5-8,11-14H2. The van der Waals surface area contributed by atoms with Gasteiger partial charge in [0.15, 0.2) is 0 Å². The lowest BCUT2D eigenvalue weighted by atomic mass is 9.92. The number of benzene rings is 2. The summed E-state index contributed by atoms with van der Waals surface area (Å²) in [6.45, 7) is 2.34. The number of fused-ring (bicyclic) bond motifs is 2. The molecule has 3 aliphatic rings. The molecule has 0 atom stereocenters. The average molecular weight is 530 g/mol. The predicted octanol–water partition coefficient (Wildman–Crippen LogP) is 5.08. The molecular weight excluding hydrogens is 506 g/mol. The molecule has 0 bridgehead atoms. The van der Waals surface area contributed by atoms with Gasteiger partial charge in [0, 0.05) is 26.2 Å². The van der Waals surface area contributed by atoms with Crippen molar-refractivity contribution in [1.82, 2.24) is 9.80 Å². The quantitative estimate of drug-likeness (QED) is 0.516. The summed E-state index contributed by atoms with van der Waals surface area (Å²) < 4.78 is 91.9. The number of rotatable bonds is 4. The lowest BCUT2D eigenvalue weighted by Crippen LogP contribution is -2.53. The molecule has 200 valence electrons. The summed E-state index contributed by atoms with van der Waals surface area (Å²) in [4.78, 5) is 15.2. The fourth-order valence-electron chi connectivity index (χ4n) is 5.00. The van der Waals surface area contributed by atoms with Crippen molar-refractivity contribution in [1.29, 1.82) is 0 Å². The van der Waals surface area contributed by atoms with E-state index in [1.807, 2.05) is 24.3 Å². The second-order valence-corrected chi connectivity index (χ2v) is 9.31. The molecule has 1 amide bonds. The Hall–Kier alpha value is -2.83. The molecule has 0 saturated carbocycles. The molecule has 1 saturated heterocycles. The van der Waals surface area contributed by atoms with Crippen LogP contribution in [0, 0.1) is 0 Å².